The van der Waals surface area contributed by atoms with Crippen LogP contribution in [0, 0.1) is 0 Å². The lowest BCUT2D eigenvalue weighted by molar-refractivity contribution is -0.113. The van der Waals surface area contributed by atoms with E-state index in [4.69, 9.17) is 4.74 Å². The standard InChI is InChI=1S/C26H30N4O3S/c1-33-23-9-8-18-5-4-6-19(24(18)30-23)10-12-26(32)11-3-2-7-21(26)27-14-17-13-20-25(28-15-17)34-16-22(31)29-20/h4-6,8-9,13,15,21,27,32H,2-3,7,10-12,14,16H2,1H3,(H,29,31). The smallest absolute Gasteiger partial charge is 0.234 e. The van der Waals surface area contributed by atoms with Gasteiger partial charge < -0.3 is 20.5 Å². The molecule has 34 heavy (non-hydrogen) atoms. The summed E-state index contributed by atoms with van der Waals surface area (Å²) in [5.74, 6) is 1.02. The van der Waals surface area contributed by atoms with Gasteiger partial charge in [-0.25, -0.2) is 9.97 Å². The number of carbonyl (C=O) groups is 1. The van der Waals surface area contributed by atoms with Crippen molar-refractivity contribution in [2.75, 3.05) is 18.2 Å². The third-order valence-corrected chi connectivity index (χ3v) is 7.90. The lowest BCUT2D eigenvalue weighted by Gasteiger charge is -2.41. The van der Waals surface area contributed by atoms with Gasteiger partial charge in [0.05, 0.1) is 29.7 Å². The molecule has 8 heteroatoms. The van der Waals surface area contributed by atoms with Crippen LogP contribution in [0.25, 0.3) is 10.9 Å². The maximum atomic E-state index is 11.7. The van der Waals surface area contributed by atoms with Gasteiger partial charge in [0.25, 0.3) is 0 Å². The molecule has 178 valence electrons. The highest BCUT2D eigenvalue weighted by atomic mass is 32.2. The van der Waals surface area contributed by atoms with Gasteiger partial charge in [0.1, 0.15) is 5.03 Å². The van der Waals surface area contributed by atoms with Crippen molar-refractivity contribution in [3.63, 3.8) is 0 Å². The molecule has 0 radical (unpaired) electrons. The van der Waals surface area contributed by atoms with Crippen LogP contribution in [0.15, 0.2) is 47.6 Å². The molecule has 3 aromatic rings. The van der Waals surface area contributed by atoms with Crippen LogP contribution >= 0.6 is 11.8 Å². The minimum Gasteiger partial charge on any atom is -0.481 e. The van der Waals surface area contributed by atoms with E-state index in [2.05, 4.69) is 32.7 Å². The predicted octanol–water partition coefficient (Wildman–Crippen LogP) is 4.08. The number of pyridine rings is 2. The van der Waals surface area contributed by atoms with E-state index >= 15 is 0 Å². The second kappa shape index (κ2) is 9.90. The van der Waals surface area contributed by atoms with Crippen molar-refractivity contribution < 1.29 is 14.6 Å². The molecule has 5 rings (SSSR count). The summed E-state index contributed by atoms with van der Waals surface area (Å²) < 4.78 is 5.32. The highest BCUT2D eigenvalue weighted by molar-refractivity contribution is 8.00. The number of hydrogen-bond acceptors (Lipinski definition) is 7. The van der Waals surface area contributed by atoms with E-state index in [1.807, 2.05) is 30.5 Å². The molecule has 0 saturated heterocycles. The van der Waals surface area contributed by atoms with Crippen LogP contribution in [-0.2, 0) is 17.8 Å². The number of aryl methyl sites for hydroxylation is 1. The normalized spacial score (nSPS) is 22.3. The maximum Gasteiger partial charge on any atom is 0.234 e. The zero-order valence-corrected chi connectivity index (χ0v) is 20.2. The number of aliphatic hydroxyl groups is 1. The highest BCUT2D eigenvalue weighted by Crippen LogP contribution is 2.34. The first-order valence-electron chi connectivity index (χ1n) is 11.8. The topological polar surface area (TPSA) is 96.4 Å². The fourth-order valence-electron chi connectivity index (χ4n) is 5.03. The summed E-state index contributed by atoms with van der Waals surface area (Å²) in [6, 6.07) is 12.1. The summed E-state index contributed by atoms with van der Waals surface area (Å²) in [7, 11) is 1.63. The molecule has 1 fully saturated rings. The molecule has 1 amide bonds. The fourth-order valence-corrected chi connectivity index (χ4v) is 5.76. The van der Waals surface area contributed by atoms with Crippen LogP contribution in [0.2, 0.25) is 0 Å². The molecule has 1 saturated carbocycles. The number of nitrogens with zero attached hydrogens (tertiary/aromatic N) is 2. The number of para-hydroxylation sites is 1. The highest BCUT2D eigenvalue weighted by Gasteiger charge is 2.38. The van der Waals surface area contributed by atoms with Crippen molar-refractivity contribution in [3.05, 3.63) is 53.7 Å². The number of ether oxygens (including phenoxy) is 1. The Balaban J connectivity index is 1.28. The van der Waals surface area contributed by atoms with Crippen LogP contribution in [0.1, 0.15) is 43.2 Å². The van der Waals surface area contributed by atoms with E-state index in [9.17, 15) is 9.90 Å². The molecule has 1 aliphatic heterocycles. The first-order chi connectivity index (χ1) is 16.5. The summed E-state index contributed by atoms with van der Waals surface area (Å²) in [5.41, 5.74) is 3.05. The molecular formula is C26H30N4O3S. The van der Waals surface area contributed by atoms with E-state index in [1.165, 1.54) is 11.8 Å². The largest absolute Gasteiger partial charge is 0.481 e. The van der Waals surface area contributed by atoms with Gasteiger partial charge in [0, 0.05) is 30.2 Å². The van der Waals surface area contributed by atoms with Gasteiger partial charge in [0.15, 0.2) is 0 Å². The first kappa shape index (κ1) is 23.1. The lowest BCUT2D eigenvalue weighted by Crippen LogP contribution is -2.52. The Hall–Kier alpha value is -2.68. The number of amides is 1. The average Bonchev–Trinajstić information content (AvgIpc) is 2.86. The van der Waals surface area contributed by atoms with Gasteiger partial charge in [0.2, 0.25) is 11.8 Å². The summed E-state index contributed by atoms with van der Waals surface area (Å²) in [6.07, 6.45) is 7.10. The fraction of sp³-hybridized carbons (Fsp3) is 0.423. The number of anilines is 1. The number of rotatable bonds is 7. The molecule has 2 atom stereocenters. The van der Waals surface area contributed by atoms with Crippen LogP contribution in [0.4, 0.5) is 5.69 Å². The maximum absolute atomic E-state index is 11.7. The number of thioether (sulfide) groups is 1. The molecular weight excluding hydrogens is 448 g/mol. The number of methoxy groups -OCH3 is 1. The number of hydrogen-bond donors (Lipinski definition) is 3. The SMILES string of the molecule is COc1ccc2cccc(CCC3(O)CCCCC3NCc3cnc4c(c3)NC(=O)CS4)c2n1. The molecule has 1 aromatic carbocycles. The Morgan fingerprint density at radius 2 is 2.21 bits per heavy atom. The zero-order valence-electron chi connectivity index (χ0n) is 19.3. The summed E-state index contributed by atoms with van der Waals surface area (Å²) in [6.45, 7) is 0.598. The van der Waals surface area contributed by atoms with E-state index < -0.39 is 5.60 Å². The molecule has 2 aliphatic rings. The zero-order chi connectivity index (χ0) is 23.5. The molecule has 0 spiro atoms. The number of aromatic nitrogens is 2. The van der Waals surface area contributed by atoms with E-state index in [0.717, 1.165) is 64.8 Å². The van der Waals surface area contributed by atoms with E-state index in [-0.39, 0.29) is 11.9 Å². The monoisotopic (exact) mass is 478 g/mol. The Bertz CT molecular complexity index is 1200. The molecule has 2 aromatic heterocycles. The minimum atomic E-state index is -0.787. The Labute approximate surface area is 203 Å². The van der Waals surface area contributed by atoms with Gasteiger partial charge in [-0.2, -0.15) is 0 Å². The summed E-state index contributed by atoms with van der Waals surface area (Å²) in [5, 5.41) is 20.1. The Morgan fingerprint density at radius 1 is 1.29 bits per heavy atom. The Morgan fingerprint density at radius 3 is 3.09 bits per heavy atom. The quantitative estimate of drug-likeness (QED) is 0.471. The van der Waals surface area contributed by atoms with Crippen molar-refractivity contribution >= 4 is 34.3 Å². The number of fused-ring (bicyclic) bond motifs is 2. The molecule has 7 nitrogen and oxygen atoms in total. The van der Waals surface area contributed by atoms with Gasteiger partial charge in [-0.3, -0.25) is 4.79 Å². The number of benzene rings is 1. The lowest BCUT2D eigenvalue weighted by atomic mass is 9.76. The van der Waals surface area contributed by atoms with Crippen LogP contribution in [0.5, 0.6) is 5.88 Å². The second-order valence-corrected chi connectivity index (χ2v) is 10.1. The van der Waals surface area contributed by atoms with Crippen LogP contribution in [-0.4, -0.2) is 45.5 Å². The predicted molar refractivity (Wildman–Crippen MR) is 134 cm³/mol. The third-order valence-electron chi connectivity index (χ3n) is 6.89. The molecule has 2 unspecified atom stereocenters. The van der Waals surface area contributed by atoms with Crippen molar-refractivity contribution in [2.45, 2.75) is 61.7 Å². The average molecular weight is 479 g/mol. The third kappa shape index (κ3) is 4.89. The minimum absolute atomic E-state index is 0.00118. The van der Waals surface area contributed by atoms with Gasteiger partial charge in [-0.1, -0.05) is 42.8 Å². The van der Waals surface area contributed by atoms with Crippen LogP contribution in [0.3, 0.4) is 0 Å². The van der Waals surface area contributed by atoms with E-state index in [1.54, 1.807) is 7.11 Å². The van der Waals surface area contributed by atoms with Crippen LogP contribution < -0.4 is 15.4 Å². The first-order valence-corrected chi connectivity index (χ1v) is 12.8. The van der Waals surface area contributed by atoms with Crippen molar-refractivity contribution in [1.82, 2.24) is 15.3 Å². The molecule has 3 N–H and O–H groups in total. The summed E-state index contributed by atoms with van der Waals surface area (Å²) >= 11 is 1.46. The second-order valence-electron chi connectivity index (χ2n) is 9.16. The number of carbonyl (C=O) groups excluding carboxylic acids is 1. The Kier molecular flexibility index (Phi) is 6.72. The van der Waals surface area contributed by atoms with Gasteiger partial charge in [-0.05, 0) is 48.9 Å². The molecule has 0 bridgehead atoms. The molecule has 3 heterocycles. The number of nitrogens with one attached hydrogen (secondary N) is 2. The van der Waals surface area contributed by atoms with E-state index in [0.29, 0.717) is 24.6 Å². The molecule has 1 aliphatic carbocycles. The van der Waals surface area contributed by atoms with Crippen molar-refractivity contribution in [1.29, 1.82) is 0 Å². The van der Waals surface area contributed by atoms with Gasteiger partial charge in [-0.15, -0.1) is 0 Å². The van der Waals surface area contributed by atoms with Gasteiger partial charge >= 0.3 is 0 Å². The van der Waals surface area contributed by atoms with Crippen molar-refractivity contribution in [3.8, 4) is 5.88 Å². The van der Waals surface area contributed by atoms with Crippen molar-refractivity contribution in [2.24, 2.45) is 0 Å². The summed E-state index contributed by atoms with van der Waals surface area (Å²) in [4.78, 5) is 20.9.